The number of hydrogen-bond acceptors (Lipinski definition) is 3. The van der Waals surface area contributed by atoms with E-state index < -0.39 is 11.6 Å². The highest BCUT2D eigenvalue weighted by molar-refractivity contribution is 14.0. The fourth-order valence-electron chi connectivity index (χ4n) is 3.11. The van der Waals surface area contributed by atoms with Crippen molar-refractivity contribution in [1.82, 2.24) is 10.6 Å². The summed E-state index contributed by atoms with van der Waals surface area (Å²) in [4.78, 5) is 18.0. The Morgan fingerprint density at radius 3 is 2.73 bits per heavy atom. The van der Waals surface area contributed by atoms with Gasteiger partial charge >= 0.3 is 0 Å². The fourth-order valence-corrected chi connectivity index (χ4v) is 3.11. The molecular weight excluding hydrogens is 505 g/mol. The molecule has 6 nitrogen and oxygen atoms in total. The Bertz CT molecular complexity index is 895. The van der Waals surface area contributed by atoms with Crippen molar-refractivity contribution in [3.05, 3.63) is 59.7 Å². The zero-order chi connectivity index (χ0) is 20.6. The molecule has 9 heteroatoms. The molecule has 2 aromatic rings. The summed E-state index contributed by atoms with van der Waals surface area (Å²) in [6.07, 6.45) is 1.04. The van der Waals surface area contributed by atoms with Crippen LogP contribution in [0.25, 0.3) is 0 Å². The average molecular weight is 530 g/mol. The second-order valence-corrected chi connectivity index (χ2v) is 6.57. The van der Waals surface area contributed by atoms with Crippen LogP contribution < -0.4 is 20.3 Å². The highest BCUT2D eigenvalue weighted by Gasteiger charge is 2.24. The van der Waals surface area contributed by atoms with Crippen molar-refractivity contribution in [1.29, 1.82) is 0 Å². The lowest BCUT2D eigenvalue weighted by atomic mass is 10.1. The van der Waals surface area contributed by atoms with Crippen LogP contribution in [0.5, 0.6) is 5.75 Å². The predicted molar refractivity (Wildman–Crippen MR) is 124 cm³/mol. The molecule has 0 saturated carbocycles. The maximum atomic E-state index is 13.7. The maximum absolute atomic E-state index is 13.7. The highest BCUT2D eigenvalue weighted by atomic mass is 127. The van der Waals surface area contributed by atoms with Crippen LogP contribution in [0, 0.1) is 11.6 Å². The number of para-hydroxylation sites is 2. The Kier molecular flexibility index (Phi) is 9.28. The lowest BCUT2D eigenvalue weighted by Crippen LogP contribution is -2.42. The third kappa shape index (κ3) is 6.28. The number of anilines is 1. The Morgan fingerprint density at radius 1 is 1.17 bits per heavy atom. The van der Waals surface area contributed by atoms with E-state index >= 15 is 0 Å². The van der Waals surface area contributed by atoms with Crippen molar-refractivity contribution < 1.29 is 18.3 Å². The standard InChI is InChI=1S/C21H24F2N4O2.HI/c1-24-21(26-11-9-15-13-16(22)7-8-17(15)23)25-10-4-12-27-18-5-2-3-6-19(18)29-14-20(27)28;/h2-3,5-8,13H,4,9-12,14H2,1H3,(H2,24,25,26);1H. The summed E-state index contributed by atoms with van der Waals surface area (Å²) in [5.41, 5.74) is 1.10. The molecule has 0 radical (unpaired) electrons. The molecule has 0 fully saturated rings. The van der Waals surface area contributed by atoms with Crippen LogP contribution in [0.1, 0.15) is 12.0 Å². The third-order valence-electron chi connectivity index (χ3n) is 4.58. The molecule has 0 atom stereocenters. The lowest BCUT2D eigenvalue weighted by molar-refractivity contribution is -0.121. The van der Waals surface area contributed by atoms with Gasteiger partial charge < -0.3 is 20.3 Å². The molecule has 30 heavy (non-hydrogen) atoms. The molecule has 2 aromatic carbocycles. The molecule has 0 unspecified atom stereocenters. The Balaban J connectivity index is 0.00000320. The first-order valence-electron chi connectivity index (χ1n) is 9.49. The molecule has 2 N–H and O–H groups in total. The second kappa shape index (κ2) is 11.7. The van der Waals surface area contributed by atoms with Gasteiger partial charge in [-0.25, -0.2) is 8.78 Å². The van der Waals surface area contributed by atoms with E-state index in [4.69, 9.17) is 4.74 Å². The number of aliphatic imine (C=N–C) groups is 1. The Hall–Kier alpha value is -2.43. The van der Waals surface area contributed by atoms with Gasteiger partial charge in [-0.1, -0.05) is 12.1 Å². The van der Waals surface area contributed by atoms with E-state index in [2.05, 4.69) is 15.6 Å². The van der Waals surface area contributed by atoms with Crippen molar-refractivity contribution in [2.45, 2.75) is 12.8 Å². The van der Waals surface area contributed by atoms with Crippen molar-refractivity contribution in [2.24, 2.45) is 4.99 Å². The van der Waals surface area contributed by atoms with Crippen LogP contribution in [0.4, 0.5) is 14.5 Å². The number of benzene rings is 2. The van der Waals surface area contributed by atoms with Gasteiger partial charge in [0.05, 0.1) is 5.69 Å². The summed E-state index contributed by atoms with van der Waals surface area (Å²) in [7, 11) is 1.64. The molecule has 1 aliphatic rings. The molecule has 0 bridgehead atoms. The van der Waals surface area contributed by atoms with Crippen molar-refractivity contribution >= 4 is 41.5 Å². The van der Waals surface area contributed by atoms with Gasteiger partial charge in [-0.2, -0.15) is 0 Å². The molecule has 0 aromatic heterocycles. The van der Waals surface area contributed by atoms with Gasteiger partial charge in [-0.05, 0) is 48.7 Å². The Morgan fingerprint density at radius 2 is 1.93 bits per heavy atom. The van der Waals surface area contributed by atoms with Crippen molar-refractivity contribution in [3.63, 3.8) is 0 Å². The van der Waals surface area contributed by atoms with Gasteiger partial charge in [0, 0.05) is 26.7 Å². The van der Waals surface area contributed by atoms with Gasteiger partial charge in [-0.3, -0.25) is 9.79 Å². The molecule has 0 saturated heterocycles. The molecule has 1 heterocycles. The molecule has 3 rings (SSSR count). The molecule has 162 valence electrons. The monoisotopic (exact) mass is 530 g/mol. The fraction of sp³-hybridized carbons (Fsp3) is 0.333. The van der Waals surface area contributed by atoms with E-state index in [9.17, 15) is 13.6 Å². The van der Waals surface area contributed by atoms with Crippen LogP contribution in [0.2, 0.25) is 0 Å². The first-order valence-corrected chi connectivity index (χ1v) is 9.49. The SMILES string of the molecule is CN=C(NCCCN1C(=O)COc2ccccc21)NCCc1cc(F)ccc1F.I. The van der Waals surface area contributed by atoms with E-state index in [0.717, 1.165) is 17.8 Å². The number of nitrogens with zero attached hydrogens (tertiary/aromatic N) is 2. The smallest absolute Gasteiger partial charge is 0.265 e. The third-order valence-corrected chi connectivity index (χ3v) is 4.58. The van der Waals surface area contributed by atoms with Crippen LogP contribution in [0.3, 0.4) is 0 Å². The summed E-state index contributed by atoms with van der Waals surface area (Å²) >= 11 is 0. The highest BCUT2D eigenvalue weighted by Crippen LogP contribution is 2.31. The van der Waals surface area contributed by atoms with Gasteiger partial charge in [0.25, 0.3) is 5.91 Å². The topological polar surface area (TPSA) is 66.0 Å². The Labute approximate surface area is 191 Å². The summed E-state index contributed by atoms with van der Waals surface area (Å²) in [5.74, 6) is 0.329. The number of hydrogen-bond donors (Lipinski definition) is 2. The van der Waals surface area contributed by atoms with Gasteiger partial charge in [0.1, 0.15) is 17.4 Å². The zero-order valence-corrected chi connectivity index (χ0v) is 19.0. The normalized spacial score (nSPS) is 13.2. The van der Waals surface area contributed by atoms with Gasteiger partial charge in [0.2, 0.25) is 0 Å². The molecular formula is C21H25F2IN4O2. The quantitative estimate of drug-likeness (QED) is 0.250. The van der Waals surface area contributed by atoms with E-state index in [1.165, 1.54) is 6.07 Å². The number of amides is 1. The van der Waals surface area contributed by atoms with Crippen LogP contribution in [0.15, 0.2) is 47.5 Å². The number of ether oxygens (including phenoxy) is 1. The van der Waals surface area contributed by atoms with Crippen molar-refractivity contribution in [2.75, 3.05) is 38.2 Å². The summed E-state index contributed by atoms with van der Waals surface area (Å²) in [6.45, 7) is 1.61. The van der Waals surface area contributed by atoms with Crippen LogP contribution in [-0.2, 0) is 11.2 Å². The van der Waals surface area contributed by atoms with Gasteiger partial charge in [0.15, 0.2) is 12.6 Å². The summed E-state index contributed by atoms with van der Waals surface area (Å²) in [5, 5.41) is 6.24. The molecule has 0 spiro atoms. The number of carbonyl (C=O) groups is 1. The van der Waals surface area contributed by atoms with Gasteiger partial charge in [-0.15, -0.1) is 24.0 Å². The molecule has 1 aliphatic heterocycles. The number of guanidine groups is 1. The minimum Gasteiger partial charge on any atom is -0.482 e. The lowest BCUT2D eigenvalue weighted by Gasteiger charge is -2.29. The number of nitrogens with one attached hydrogen (secondary N) is 2. The largest absolute Gasteiger partial charge is 0.482 e. The number of fused-ring (bicyclic) bond motifs is 1. The van der Waals surface area contributed by atoms with E-state index in [-0.39, 0.29) is 36.5 Å². The van der Waals surface area contributed by atoms with Crippen LogP contribution in [-0.4, -0.2) is 45.2 Å². The van der Waals surface area contributed by atoms with Crippen LogP contribution >= 0.6 is 24.0 Å². The average Bonchev–Trinajstić information content (AvgIpc) is 2.73. The number of halogens is 3. The summed E-state index contributed by atoms with van der Waals surface area (Å²) < 4.78 is 32.3. The predicted octanol–water partition coefficient (Wildman–Crippen LogP) is 3.11. The minimum absolute atomic E-state index is 0. The first-order chi connectivity index (χ1) is 14.1. The summed E-state index contributed by atoms with van der Waals surface area (Å²) in [6, 6.07) is 10.9. The number of rotatable bonds is 7. The zero-order valence-electron chi connectivity index (χ0n) is 16.7. The molecule has 0 aliphatic carbocycles. The first kappa shape index (κ1) is 23.8. The second-order valence-electron chi connectivity index (χ2n) is 6.57. The molecule has 1 amide bonds. The maximum Gasteiger partial charge on any atom is 0.265 e. The van der Waals surface area contributed by atoms with Crippen molar-refractivity contribution in [3.8, 4) is 5.75 Å². The number of carbonyl (C=O) groups excluding carboxylic acids is 1. The minimum atomic E-state index is -0.455. The van der Waals surface area contributed by atoms with E-state index in [1.807, 2.05) is 24.3 Å². The van der Waals surface area contributed by atoms with E-state index in [0.29, 0.717) is 49.7 Å². The van der Waals surface area contributed by atoms with E-state index in [1.54, 1.807) is 11.9 Å².